The van der Waals surface area contributed by atoms with Gasteiger partial charge in [-0.2, -0.15) is 0 Å². The molecule has 0 aliphatic carbocycles. The van der Waals surface area contributed by atoms with E-state index in [1.165, 1.54) is 0 Å². The summed E-state index contributed by atoms with van der Waals surface area (Å²) in [7, 11) is 1.70. The van der Waals surface area contributed by atoms with Crippen LogP contribution in [0.4, 0.5) is 0 Å². The van der Waals surface area contributed by atoms with Crippen LogP contribution in [0.25, 0.3) is 0 Å². The van der Waals surface area contributed by atoms with Gasteiger partial charge >= 0.3 is 0 Å². The van der Waals surface area contributed by atoms with Crippen LogP contribution >= 0.6 is 0 Å². The Bertz CT molecular complexity index is 220. The van der Waals surface area contributed by atoms with Gasteiger partial charge in [0.15, 0.2) is 5.78 Å². The first-order valence-corrected chi connectivity index (χ1v) is 4.62. The van der Waals surface area contributed by atoms with E-state index in [1.54, 1.807) is 14.0 Å². The van der Waals surface area contributed by atoms with Crippen LogP contribution in [0, 0.1) is 0 Å². The Morgan fingerprint density at radius 1 is 1.00 bits per heavy atom. The first-order chi connectivity index (χ1) is 6.00. The third kappa shape index (κ3) is 5.34. The van der Waals surface area contributed by atoms with Gasteiger partial charge < -0.3 is 0 Å². The lowest BCUT2D eigenvalue weighted by atomic mass is 10.0. The van der Waals surface area contributed by atoms with Gasteiger partial charge in [0.2, 0.25) is 0 Å². The molecule has 0 atom stereocenters. The summed E-state index contributed by atoms with van der Waals surface area (Å²) in [6, 6.07) is 0. The summed E-state index contributed by atoms with van der Waals surface area (Å²) >= 11 is 0. The summed E-state index contributed by atoms with van der Waals surface area (Å²) in [4.78, 5) is 15.0. The molecule has 0 aliphatic heterocycles. The molecule has 0 radical (unpaired) electrons. The van der Waals surface area contributed by atoms with Crippen LogP contribution < -0.4 is 0 Å². The van der Waals surface area contributed by atoms with Gasteiger partial charge in [0.1, 0.15) is 0 Å². The highest BCUT2D eigenvalue weighted by Crippen LogP contribution is 2.06. The van der Waals surface area contributed by atoms with Crippen molar-refractivity contribution >= 4 is 11.5 Å². The summed E-state index contributed by atoms with van der Waals surface area (Å²) in [5.74, 6) is 0.0908. The molecule has 0 N–H and O–H groups in total. The second-order valence-electron chi connectivity index (χ2n) is 2.74. The Morgan fingerprint density at radius 2 is 1.38 bits per heavy atom. The van der Waals surface area contributed by atoms with Crippen molar-refractivity contribution < 1.29 is 4.79 Å². The normalized spacial score (nSPS) is 9.92. The zero-order chi connectivity index (χ0) is 11.0. The monoisotopic (exact) mass is 183 g/mol. The number of allylic oxidation sites excluding steroid dienone is 2. The van der Waals surface area contributed by atoms with Crippen LogP contribution in [0.15, 0.2) is 16.1 Å². The predicted molar refractivity (Wildman–Crippen MR) is 59.4 cm³/mol. The van der Waals surface area contributed by atoms with E-state index in [-0.39, 0.29) is 5.78 Å². The zero-order valence-corrected chi connectivity index (χ0v) is 9.86. The fourth-order valence-corrected chi connectivity index (χ4v) is 1.08. The largest absolute Gasteiger partial charge is 0.294 e. The number of nitrogens with zero attached hydrogens (tertiary/aromatic N) is 1. The van der Waals surface area contributed by atoms with Gasteiger partial charge in [0, 0.05) is 18.3 Å². The van der Waals surface area contributed by atoms with Gasteiger partial charge in [-0.3, -0.25) is 9.79 Å². The minimum atomic E-state index is 0.0908. The molecule has 2 heteroatoms. The van der Waals surface area contributed by atoms with E-state index >= 15 is 0 Å². The lowest BCUT2D eigenvalue weighted by Gasteiger charge is -2.03. The van der Waals surface area contributed by atoms with Gasteiger partial charge in [0.25, 0.3) is 0 Å². The molecular weight excluding hydrogens is 162 g/mol. The van der Waals surface area contributed by atoms with Crippen LogP contribution in [0.2, 0.25) is 0 Å². The van der Waals surface area contributed by atoms with Gasteiger partial charge in [-0.15, -0.1) is 0 Å². The molecule has 0 fully saturated rings. The number of aliphatic imine (C=N–C) groups is 1. The van der Waals surface area contributed by atoms with Gasteiger partial charge in [-0.1, -0.05) is 19.4 Å². The fraction of sp³-hybridized carbons (Fsp3) is 0.636. The highest BCUT2D eigenvalue weighted by Gasteiger charge is 2.07. The maximum Gasteiger partial charge on any atom is 0.161 e. The molecule has 0 aromatic carbocycles. The molecule has 0 heterocycles. The Labute approximate surface area is 81.8 Å². The quantitative estimate of drug-likeness (QED) is 0.478. The van der Waals surface area contributed by atoms with E-state index in [0.29, 0.717) is 0 Å². The zero-order valence-electron chi connectivity index (χ0n) is 9.86. The number of rotatable bonds is 2. The highest BCUT2D eigenvalue weighted by atomic mass is 16.1. The lowest BCUT2D eigenvalue weighted by molar-refractivity contribution is -0.113. The van der Waals surface area contributed by atoms with Gasteiger partial charge in [-0.05, 0) is 27.7 Å². The molecule has 0 bridgehead atoms. The van der Waals surface area contributed by atoms with Crippen molar-refractivity contribution in [3.05, 3.63) is 11.1 Å². The predicted octanol–water partition coefficient (Wildman–Crippen LogP) is 3.03. The third-order valence-corrected chi connectivity index (χ3v) is 1.55. The van der Waals surface area contributed by atoms with Gasteiger partial charge in [0.05, 0.1) is 0 Å². The van der Waals surface area contributed by atoms with E-state index in [1.807, 2.05) is 34.6 Å². The smallest absolute Gasteiger partial charge is 0.161 e. The average Bonchev–Trinajstić information content (AvgIpc) is 2.06. The number of carbonyl (C=O) groups excluding carboxylic acids is 1. The Hall–Kier alpha value is -0.920. The Balaban J connectivity index is 0. The van der Waals surface area contributed by atoms with Crippen LogP contribution in [0.5, 0.6) is 0 Å². The van der Waals surface area contributed by atoms with Crippen LogP contribution in [-0.2, 0) is 4.79 Å². The molecule has 0 saturated carbocycles. The molecule has 0 aromatic rings. The highest BCUT2D eigenvalue weighted by molar-refractivity contribution is 6.21. The van der Waals surface area contributed by atoms with E-state index in [2.05, 4.69) is 4.99 Å². The summed E-state index contributed by atoms with van der Waals surface area (Å²) in [6.07, 6.45) is 0. The second kappa shape index (κ2) is 7.71. The van der Waals surface area contributed by atoms with Crippen LogP contribution in [0.3, 0.4) is 0 Å². The molecule has 0 amide bonds. The second-order valence-corrected chi connectivity index (χ2v) is 2.74. The van der Waals surface area contributed by atoms with Crippen molar-refractivity contribution in [3.8, 4) is 0 Å². The summed E-state index contributed by atoms with van der Waals surface area (Å²) < 4.78 is 0. The first kappa shape index (κ1) is 14.6. The first-order valence-electron chi connectivity index (χ1n) is 4.62. The molecule has 0 saturated heterocycles. The Morgan fingerprint density at radius 3 is 1.46 bits per heavy atom. The molecular formula is C11H21NO. The number of ketones is 1. The molecule has 0 spiro atoms. The molecule has 0 aromatic heterocycles. The van der Waals surface area contributed by atoms with E-state index in [9.17, 15) is 4.79 Å². The van der Waals surface area contributed by atoms with Crippen molar-refractivity contribution in [2.24, 2.45) is 4.99 Å². The maximum atomic E-state index is 11.0. The Kier molecular flexibility index (Phi) is 8.66. The average molecular weight is 183 g/mol. The lowest BCUT2D eigenvalue weighted by Crippen LogP contribution is -2.08. The number of hydrogen-bond acceptors (Lipinski definition) is 2. The van der Waals surface area contributed by atoms with Crippen molar-refractivity contribution in [2.75, 3.05) is 7.05 Å². The summed E-state index contributed by atoms with van der Waals surface area (Å²) in [6.45, 7) is 11.3. The molecule has 76 valence electrons. The van der Waals surface area contributed by atoms with Gasteiger partial charge in [-0.25, -0.2) is 0 Å². The van der Waals surface area contributed by atoms with Crippen LogP contribution in [-0.4, -0.2) is 18.5 Å². The number of Topliss-reactive ketones (excluding diaryl/α,β-unsaturated/α-hetero) is 1. The van der Waals surface area contributed by atoms with Crippen molar-refractivity contribution in [3.63, 3.8) is 0 Å². The van der Waals surface area contributed by atoms with Crippen molar-refractivity contribution in [2.45, 2.75) is 41.5 Å². The number of carbonyl (C=O) groups is 1. The van der Waals surface area contributed by atoms with Crippen molar-refractivity contribution in [1.82, 2.24) is 0 Å². The molecule has 0 unspecified atom stereocenters. The van der Waals surface area contributed by atoms with Crippen molar-refractivity contribution in [1.29, 1.82) is 0 Å². The summed E-state index contributed by atoms with van der Waals surface area (Å²) in [5, 5.41) is 0. The molecule has 13 heavy (non-hydrogen) atoms. The fourth-order valence-electron chi connectivity index (χ4n) is 1.08. The number of hydrogen-bond donors (Lipinski definition) is 0. The standard InChI is InChI=1S/C9H15NO.C2H6/c1-6(2)9(8(4)11)7(3)10-5;1-2/h1-5H3;1-2H3. The topological polar surface area (TPSA) is 29.4 Å². The van der Waals surface area contributed by atoms with E-state index < -0.39 is 0 Å². The molecule has 0 aliphatic rings. The summed E-state index contributed by atoms with van der Waals surface area (Å²) in [5.41, 5.74) is 2.60. The third-order valence-electron chi connectivity index (χ3n) is 1.55. The maximum absolute atomic E-state index is 11.0. The SMILES string of the molecule is CC.CN=C(C)C(C(C)=O)=C(C)C. The molecule has 0 rings (SSSR count). The minimum absolute atomic E-state index is 0.0908. The van der Waals surface area contributed by atoms with Crippen LogP contribution in [0.1, 0.15) is 41.5 Å². The molecule has 2 nitrogen and oxygen atoms in total. The van der Waals surface area contributed by atoms with E-state index in [0.717, 1.165) is 16.9 Å². The van der Waals surface area contributed by atoms with E-state index in [4.69, 9.17) is 0 Å². The minimum Gasteiger partial charge on any atom is -0.294 e.